The Hall–Kier alpha value is -0.280. The quantitative estimate of drug-likeness (QED) is 0.212. The molecule has 0 saturated carbocycles. The minimum absolute atomic E-state index is 0. The molecule has 1 fully saturated rings. The van der Waals surface area contributed by atoms with Crippen molar-refractivity contribution in [3.8, 4) is 0 Å². The Bertz CT molecular complexity index is 596. The number of piperidine rings is 1. The van der Waals surface area contributed by atoms with E-state index in [1.165, 1.54) is 0 Å². The SMILES string of the molecule is CCNC(=NCCCc1ccc(Cl)cc1Cl)NC1CCN(CCOC)CC1.I. The van der Waals surface area contributed by atoms with Gasteiger partial charge in [0.1, 0.15) is 0 Å². The van der Waals surface area contributed by atoms with Crippen LogP contribution in [0.2, 0.25) is 10.0 Å². The topological polar surface area (TPSA) is 48.9 Å². The number of nitrogens with one attached hydrogen (secondary N) is 2. The summed E-state index contributed by atoms with van der Waals surface area (Å²) in [7, 11) is 1.76. The van der Waals surface area contributed by atoms with Gasteiger partial charge < -0.3 is 20.3 Å². The standard InChI is InChI=1S/C20H32Cl2N4O.HI/c1-3-23-20(25-18-8-11-26(12-9-18)13-14-27-2)24-10-4-5-16-6-7-17(21)15-19(16)22;/h6-7,15,18H,3-5,8-14H2,1-2H3,(H2,23,24,25);1H. The largest absolute Gasteiger partial charge is 0.383 e. The van der Waals surface area contributed by atoms with Crippen LogP contribution in [0.5, 0.6) is 0 Å². The number of benzene rings is 1. The highest BCUT2D eigenvalue weighted by molar-refractivity contribution is 14.0. The van der Waals surface area contributed by atoms with Gasteiger partial charge in [-0.15, -0.1) is 24.0 Å². The van der Waals surface area contributed by atoms with Crippen LogP contribution in [-0.2, 0) is 11.2 Å². The van der Waals surface area contributed by atoms with Gasteiger partial charge in [0, 0.05) is 55.9 Å². The zero-order valence-corrected chi connectivity index (χ0v) is 20.7. The lowest BCUT2D eigenvalue weighted by molar-refractivity contribution is 0.128. The number of rotatable bonds is 9. The predicted molar refractivity (Wildman–Crippen MR) is 131 cm³/mol. The molecule has 2 N–H and O–H groups in total. The van der Waals surface area contributed by atoms with E-state index in [1.54, 1.807) is 13.2 Å². The lowest BCUT2D eigenvalue weighted by Crippen LogP contribution is -2.49. The average Bonchev–Trinajstić information content (AvgIpc) is 2.66. The third-order valence-electron chi connectivity index (χ3n) is 4.77. The smallest absolute Gasteiger partial charge is 0.191 e. The molecular formula is C20H33Cl2IN4O. The number of guanidine groups is 1. The van der Waals surface area contributed by atoms with Crippen molar-refractivity contribution in [3.05, 3.63) is 33.8 Å². The minimum atomic E-state index is 0. The number of methoxy groups -OCH3 is 1. The highest BCUT2D eigenvalue weighted by Gasteiger charge is 2.19. The van der Waals surface area contributed by atoms with Gasteiger partial charge >= 0.3 is 0 Å². The highest BCUT2D eigenvalue weighted by atomic mass is 127. The summed E-state index contributed by atoms with van der Waals surface area (Å²) < 4.78 is 5.17. The van der Waals surface area contributed by atoms with Gasteiger partial charge in [-0.3, -0.25) is 4.99 Å². The van der Waals surface area contributed by atoms with Crippen molar-refractivity contribution in [1.82, 2.24) is 15.5 Å². The molecular weight excluding hydrogens is 510 g/mol. The normalized spacial score (nSPS) is 15.9. The lowest BCUT2D eigenvalue weighted by Gasteiger charge is -2.32. The van der Waals surface area contributed by atoms with Crippen LogP contribution in [0.25, 0.3) is 0 Å². The van der Waals surface area contributed by atoms with Gasteiger partial charge in [0.15, 0.2) is 5.96 Å². The Kier molecular flexibility index (Phi) is 13.5. The second-order valence-electron chi connectivity index (χ2n) is 6.85. The van der Waals surface area contributed by atoms with Crippen LogP contribution in [0.15, 0.2) is 23.2 Å². The van der Waals surface area contributed by atoms with Crippen LogP contribution in [-0.4, -0.2) is 63.3 Å². The fourth-order valence-electron chi connectivity index (χ4n) is 3.22. The fraction of sp³-hybridized carbons (Fsp3) is 0.650. The van der Waals surface area contributed by atoms with Gasteiger partial charge in [-0.1, -0.05) is 29.3 Å². The highest BCUT2D eigenvalue weighted by Crippen LogP contribution is 2.22. The van der Waals surface area contributed by atoms with Gasteiger partial charge in [0.05, 0.1) is 6.61 Å². The molecule has 8 heteroatoms. The summed E-state index contributed by atoms with van der Waals surface area (Å²) in [5.41, 5.74) is 1.12. The zero-order chi connectivity index (χ0) is 19.5. The molecule has 5 nitrogen and oxygen atoms in total. The molecule has 1 aliphatic rings. The van der Waals surface area contributed by atoms with E-state index in [0.717, 1.165) is 81.6 Å². The van der Waals surface area contributed by atoms with E-state index < -0.39 is 0 Å². The molecule has 1 heterocycles. The first-order valence-electron chi connectivity index (χ1n) is 9.82. The molecule has 0 aliphatic carbocycles. The molecule has 28 heavy (non-hydrogen) atoms. The van der Waals surface area contributed by atoms with E-state index in [1.807, 2.05) is 12.1 Å². The summed E-state index contributed by atoms with van der Waals surface area (Å²) in [5.74, 6) is 0.912. The molecule has 0 amide bonds. The van der Waals surface area contributed by atoms with Gasteiger partial charge in [-0.2, -0.15) is 0 Å². The molecule has 0 unspecified atom stereocenters. The Balaban J connectivity index is 0.00000392. The molecule has 0 radical (unpaired) electrons. The third kappa shape index (κ3) is 9.48. The minimum Gasteiger partial charge on any atom is -0.383 e. The number of halogens is 3. The summed E-state index contributed by atoms with van der Waals surface area (Å²) in [5, 5.41) is 8.35. The molecule has 160 valence electrons. The lowest BCUT2D eigenvalue weighted by atomic mass is 10.1. The summed E-state index contributed by atoms with van der Waals surface area (Å²) in [6.45, 7) is 7.76. The molecule has 1 aliphatic heterocycles. The van der Waals surface area contributed by atoms with Crippen LogP contribution in [0.1, 0.15) is 31.7 Å². The number of hydrogen-bond acceptors (Lipinski definition) is 3. The fourth-order valence-corrected chi connectivity index (χ4v) is 3.72. The van der Waals surface area contributed by atoms with Crippen molar-refractivity contribution in [3.63, 3.8) is 0 Å². The Morgan fingerprint density at radius 2 is 2.04 bits per heavy atom. The number of aryl methyl sites for hydroxylation is 1. The van der Waals surface area contributed by atoms with Crippen LogP contribution >= 0.6 is 47.2 Å². The third-order valence-corrected chi connectivity index (χ3v) is 5.36. The maximum absolute atomic E-state index is 6.24. The molecule has 0 bridgehead atoms. The van der Waals surface area contributed by atoms with Crippen LogP contribution in [0.4, 0.5) is 0 Å². The second kappa shape index (κ2) is 14.7. The number of likely N-dealkylation sites (tertiary alicyclic amines) is 1. The van der Waals surface area contributed by atoms with Crippen LogP contribution < -0.4 is 10.6 Å². The maximum Gasteiger partial charge on any atom is 0.191 e. The first-order chi connectivity index (χ1) is 13.1. The van der Waals surface area contributed by atoms with E-state index in [2.05, 4.69) is 22.5 Å². The zero-order valence-electron chi connectivity index (χ0n) is 16.8. The van der Waals surface area contributed by atoms with E-state index in [0.29, 0.717) is 11.1 Å². The molecule has 0 atom stereocenters. The summed E-state index contributed by atoms with van der Waals surface area (Å²) in [6, 6.07) is 6.16. The van der Waals surface area contributed by atoms with Crippen molar-refractivity contribution in [1.29, 1.82) is 0 Å². The summed E-state index contributed by atoms with van der Waals surface area (Å²) >= 11 is 12.2. The van der Waals surface area contributed by atoms with E-state index in [4.69, 9.17) is 32.9 Å². The second-order valence-corrected chi connectivity index (χ2v) is 7.70. The van der Waals surface area contributed by atoms with Crippen molar-refractivity contribution >= 4 is 53.1 Å². The van der Waals surface area contributed by atoms with Gasteiger partial charge in [-0.05, 0) is 50.3 Å². The first kappa shape index (κ1) is 25.8. The van der Waals surface area contributed by atoms with Crippen LogP contribution in [0.3, 0.4) is 0 Å². The molecule has 1 aromatic rings. The average molecular weight is 543 g/mol. The van der Waals surface area contributed by atoms with E-state index in [-0.39, 0.29) is 24.0 Å². The van der Waals surface area contributed by atoms with Crippen LogP contribution in [0, 0.1) is 0 Å². The van der Waals surface area contributed by atoms with Crippen molar-refractivity contribution in [2.24, 2.45) is 4.99 Å². The Labute approximate surface area is 196 Å². The van der Waals surface area contributed by atoms with Gasteiger partial charge in [0.2, 0.25) is 0 Å². The number of nitrogens with zero attached hydrogens (tertiary/aromatic N) is 2. The van der Waals surface area contributed by atoms with Crippen molar-refractivity contribution in [2.75, 3.05) is 46.4 Å². The predicted octanol–water partition coefficient (Wildman–Crippen LogP) is 4.21. The van der Waals surface area contributed by atoms with E-state index >= 15 is 0 Å². The molecule has 0 spiro atoms. The molecule has 2 rings (SSSR count). The number of aliphatic imine (C=N–C) groups is 1. The molecule has 1 saturated heterocycles. The van der Waals surface area contributed by atoms with E-state index in [9.17, 15) is 0 Å². The van der Waals surface area contributed by atoms with Gasteiger partial charge in [0.25, 0.3) is 0 Å². The Morgan fingerprint density at radius 3 is 2.68 bits per heavy atom. The number of hydrogen-bond donors (Lipinski definition) is 2. The van der Waals surface area contributed by atoms with Crippen molar-refractivity contribution in [2.45, 2.75) is 38.6 Å². The summed E-state index contributed by atoms with van der Waals surface area (Å²) in [4.78, 5) is 7.19. The van der Waals surface area contributed by atoms with Crippen molar-refractivity contribution < 1.29 is 4.74 Å². The van der Waals surface area contributed by atoms with Gasteiger partial charge in [-0.25, -0.2) is 0 Å². The first-order valence-corrected chi connectivity index (χ1v) is 10.6. The summed E-state index contributed by atoms with van der Waals surface area (Å²) in [6.07, 6.45) is 4.12. The molecule has 1 aromatic carbocycles. The Morgan fingerprint density at radius 1 is 1.29 bits per heavy atom. The maximum atomic E-state index is 6.24. The molecule has 0 aromatic heterocycles. The monoisotopic (exact) mass is 542 g/mol. The number of ether oxygens (including phenoxy) is 1.